The molecule has 0 aliphatic heterocycles. The summed E-state index contributed by atoms with van der Waals surface area (Å²) < 4.78 is 17.5. The molecule has 1 radical (unpaired) electrons. The van der Waals surface area contributed by atoms with E-state index in [9.17, 15) is 4.39 Å². The van der Waals surface area contributed by atoms with Crippen LogP contribution in [0.15, 0.2) is 12.1 Å². The fourth-order valence-electron chi connectivity index (χ4n) is 0.711. The summed E-state index contributed by atoms with van der Waals surface area (Å²) in [5, 5.41) is 0.324. The van der Waals surface area contributed by atoms with E-state index in [1.807, 2.05) is 6.92 Å². The molecule has 0 spiro atoms. The Morgan fingerprint density at radius 3 is 2.91 bits per heavy atom. The van der Waals surface area contributed by atoms with Gasteiger partial charge in [0.1, 0.15) is 11.6 Å². The van der Waals surface area contributed by atoms with Crippen molar-refractivity contribution in [1.82, 2.24) is 0 Å². The Kier molecular flexibility index (Phi) is 2.71. The van der Waals surface area contributed by atoms with Crippen molar-refractivity contribution in [2.75, 3.05) is 6.61 Å². The minimum atomic E-state index is -0.499. The van der Waals surface area contributed by atoms with E-state index in [0.717, 1.165) is 0 Å². The fraction of sp³-hybridized carbons (Fsp3) is 0.250. The van der Waals surface area contributed by atoms with Crippen molar-refractivity contribution in [2.24, 2.45) is 0 Å². The molecule has 0 saturated carbocycles. The second kappa shape index (κ2) is 3.58. The number of benzene rings is 1. The molecule has 3 heteroatoms. The van der Waals surface area contributed by atoms with Crippen LogP contribution in [0.2, 0.25) is 5.02 Å². The molecule has 1 aromatic carbocycles. The molecule has 0 bridgehead atoms. The van der Waals surface area contributed by atoms with Crippen LogP contribution in [0.5, 0.6) is 5.75 Å². The summed E-state index contributed by atoms with van der Waals surface area (Å²) in [7, 11) is 0. The first kappa shape index (κ1) is 8.34. The Morgan fingerprint density at radius 2 is 2.36 bits per heavy atom. The number of halogens is 2. The Bertz CT molecular complexity index is 230. The molecule has 59 valence electrons. The van der Waals surface area contributed by atoms with E-state index in [1.54, 1.807) is 0 Å². The van der Waals surface area contributed by atoms with Crippen LogP contribution in [0.25, 0.3) is 0 Å². The van der Waals surface area contributed by atoms with Gasteiger partial charge in [-0.15, -0.1) is 0 Å². The van der Waals surface area contributed by atoms with Gasteiger partial charge in [0.05, 0.1) is 12.7 Å². The number of hydrogen-bond acceptors (Lipinski definition) is 1. The molecule has 0 aromatic heterocycles. The van der Waals surface area contributed by atoms with Gasteiger partial charge in [0.25, 0.3) is 0 Å². The Balaban J connectivity index is 2.89. The Labute approximate surface area is 69.7 Å². The van der Waals surface area contributed by atoms with Gasteiger partial charge in [-0.25, -0.2) is 4.39 Å². The first-order valence-corrected chi connectivity index (χ1v) is 3.61. The maximum Gasteiger partial charge on any atom is 0.136 e. The van der Waals surface area contributed by atoms with Crippen LogP contribution in [0, 0.1) is 11.9 Å². The van der Waals surface area contributed by atoms with E-state index in [-0.39, 0.29) is 0 Å². The van der Waals surface area contributed by atoms with Gasteiger partial charge in [-0.05, 0) is 19.1 Å². The molecule has 0 heterocycles. The van der Waals surface area contributed by atoms with Crippen LogP contribution in [0.1, 0.15) is 6.92 Å². The molecule has 1 aromatic rings. The maximum atomic E-state index is 12.5. The molecule has 1 nitrogen and oxygen atoms in total. The van der Waals surface area contributed by atoms with Gasteiger partial charge < -0.3 is 4.74 Å². The molecule has 0 aliphatic rings. The summed E-state index contributed by atoms with van der Waals surface area (Å²) in [6.45, 7) is 2.29. The van der Waals surface area contributed by atoms with E-state index >= 15 is 0 Å². The van der Waals surface area contributed by atoms with E-state index in [4.69, 9.17) is 16.3 Å². The van der Waals surface area contributed by atoms with Crippen LogP contribution in [0.3, 0.4) is 0 Å². The second-order valence-electron chi connectivity index (χ2n) is 1.94. The van der Waals surface area contributed by atoms with Crippen LogP contribution in [0.4, 0.5) is 4.39 Å². The summed E-state index contributed by atoms with van der Waals surface area (Å²) in [5.41, 5.74) is 0. The van der Waals surface area contributed by atoms with Crippen LogP contribution in [-0.4, -0.2) is 6.61 Å². The fourth-order valence-corrected chi connectivity index (χ4v) is 0.906. The summed E-state index contributed by atoms with van der Waals surface area (Å²) >= 11 is 5.55. The quantitative estimate of drug-likeness (QED) is 0.668. The average molecular weight is 174 g/mol. The predicted molar refractivity (Wildman–Crippen MR) is 41.4 cm³/mol. The van der Waals surface area contributed by atoms with Gasteiger partial charge >= 0.3 is 0 Å². The van der Waals surface area contributed by atoms with Crippen molar-refractivity contribution in [2.45, 2.75) is 6.92 Å². The van der Waals surface area contributed by atoms with E-state index in [2.05, 4.69) is 6.07 Å². The molecular formula is C8H7ClFO. The topological polar surface area (TPSA) is 9.23 Å². The van der Waals surface area contributed by atoms with E-state index < -0.39 is 5.82 Å². The van der Waals surface area contributed by atoms with E-state index in [1.165, 1.54) is 12.1 Å². The SMILES string of the molecule is CCOc1[c]c(F)cc(Cl)c1. The maximum absolute atomic E-state index is 12.5. The van der Waals surface area contributed by atoms with Gasteiger partial charge in [0.2, 0.25) is 0 Å². The summed E-state index contributed by atoms with van der Waals surface area (Å²) in [4.78, 5) is 0. The molecular weight excluding hydrogens is 167 g/mol. The average Bonchev–Trinajstić information content (AvgIpc) is 1.85. The Hall–Kier alpha value is -0.760. The molecule has 0 fully saturated rings. The molecule has 0 atom stereocenters. The highest BCUT2D eigenvalue weighted by atomic mass is 35.5. The highest BCUT2D eigenvalue weighted by molar-refractivity contribution is 6.30. The van der Waals surface area contributed by atoms with Crippen molar-refractivity contribution >= 4 is 11.6 Å². The smallest absolute Gasteiger partial charge is 0.136 e. The third-order valence-corrected chi connectivity index (χ3v) is 1.29. The van der Waals surface area contributed by atoms with Crippen LogP contribution in [-0.2, 0) is 0 Å². The highest BCUT2D eigenvalue weighted by Gasteiger charge is 1.98. The lowest BCUT2D eigenvalue weighted by Crippen LogP contribution is -1.91. The normalized spacial score (nSPS) is 9.73. The molecule has 0 N–H and O–H groups in total. The van der Waals surface area contributed by atoms with Gasteiger partial charge in [-0.2, -0.15) is 0 Å². The summed E-state index contributed by atoms with van der Waals surface area (Å²) in [6.07, 6.45) is 0. The summed E-state index contributed by atoms with van der Waals surface area (Å²) in [6, 6.07) is 5.08. The molecule has 0 amide bonds. The molecule has 0 unspecified atom stereocenters. The van der Waals surface area contributed by atoms with Crippen LogP contribution < -0.4 is 4.74 Å². The monoisotopic (exact) mass is 173 g/mol. The lowest BCUT2D eigenvalue weighted by molar-refractivity contribution is 0.337. The molecule has 11 heavy (non-hydrogen) atoms. The lowest BCUT2D eigenvalue weighted by Gasteiger charge is -2.01. The second-order valence-corrected chi connectivity index (χ2v) is 2.38. The third-order valence-electron chi connectivity index (χ3n) is 1.08. The van der Waals surface area contributed by atoms with Crippen molar-refractivity contribution < 1.29 is 9.13 Å². The van der Waals surface area contributed by atoms with Gasteiger partial charge in [0, 0.05) is 5.02 Å². The first-order chi connectivity index (χ1) is 5.22. The van der Waals surface area contributed by atoms with Gasteiger partial charge in [0.15, 0.2) is 0 Å². The van der Waals surface area contributed by atoms with Crippen molar-refractivity contribution in [3.63, 3.8) is 0 Å². The third kappa shape index (κ3) is 2.39. The van der Waals surface area contributed by atoms with Crippen molar-refractivity contribution in [1.29, 1.82) is 0 Å². The molecule has 0 aliphatic carbocycles. The van der Waals surface area contributed by atoms with Gasteiger partial charge in [-0.3, -0.25) is 0 Å². The minimum absolute atomic E-state index is 0.324. The van der Waals surface area contributed by atoms with E-state index in [0.29, 0.717) is 17.4 Å². The number of ether oxygens (including phenoxy) is 1. The lowest BCUT2D eigenvalue weighted by atomic mass is 10.3. The number of hydrogen-bond donors (Lipinski definition) is 0. The zero-order valence-corrected chi connectivity index (χ0v) is 6.78. The predicted octanol–water partition coefficient (Wildman–Crippen LogP) is 2.68. The van der Waals surface area contributed by atoms with Crippen LogP contribution >= 0.6 is 11.6 Å². The summed E-state index contributed by atoms with van der Waals surface area (Å²) in [5.74, 6) is -0.154. The van der Waals surface area contributed by atoms with Crippen molar-refractivity contribution in [3.05, 3.63) is 29.0 Å². The molecule has 0 saturated heterocycles. The zero-order valence-electron chi connectivity index (χ0n) is 6.03. The largest absolute Gasteiger partial charge is 0.493 e. The van der Waals surface area contributed by atoms with Crippen molar-refractivity contribution in [3.8, 4) is 5.75 Å². The Morgan fingerprint density at radius 1 is 1.64 bits per heavy atom. The first-order valence-electron chi connectivity index (χ1n) is 3.23. The standard InChI is InChI=1S/C8H7ClFO/c1-2-11-8-4-6(9)3-7(10)5-8/h3-4H,2H2,1H3. The molecule has 1 rings (SSSR count). The highest BCUT2D eigenvalue weighted by Crippen LogP contribution is 2.18. The zero-order chi connectivity index (χ0) is 8.27. The van der Waals surface area contributed by atoms with Gasteiger partial charge in [-0.1, -0.05) is 11.6 Å². The number of rotatable bonds is 2. The minimum Gasteiger partial charge on any atom is -0.493 e.